The molecule has 3 aliphatic heterocycles. The zero-order chi connectivity index (χ0) is 99.7. The van der Waals surface area contributed by atoms with Gasteiger partial charge in [0.05, 0.1) is 27.4 Å². The van der Waals surface area contributed by atoms with Crippen molar-refractivity contribution in [3.05, 3.63) is 374 Å². The lowest BCUT2D eigenvalue weighted by Gasteiger charge is -2.43. The topological polar surface area (TPSA) is 43.4 Å². The molecular weight excluding hydrogens is 1700 g/mol. The molecule has 137 heavy (non-hydrogen) atoms. The zero-order valence-electron chi connectivity index (χ0n) is 90.4. The van der Waals surface area contributed by atoms with Crippen molar-refractivity contribution >= 4 is 39.8 Å². The van der Waals surface area contributed by atoms with E-state index in [9.17, 15) is 8.42 Å². The summed E-state index contributed by atoms with van der Waals surface area (Å²) in [7, 11) is -3.73. The number of sulfone groups is 1. The van der Waals surface area contributed by atoms with Crippen molar-refractivity contribution in [1.82, 2.24) is 0 Å². The Kier molecular flexibility index (Phi) is 21.6. The Morgan fingerprint density at radius 2 is 0.445 bits per heavy atom. The summed E-state index contributed by atoms with van der Waals surface area (Å²) in [5.41, 5.74) is 82.7. The van der Waals surface area contributed by atoms with Crippen molar-refractivity contribution in [1.29, 1.82) is 0 Å². The second-order valence-corrected chi connectivity index (χ2v) is 47.9. The van der Waals surface area contributed by atoms with Crippen LogP contribution in [0.2, 0.25) is 0 Å². The minimum atomic E-state index is -3.73. The lowest BCUT2D eigenvalue weighted by atomic mass is 9.61. The quantitative estimate of drug-likeness (QED) is 0.152. The fourth-order valence-corrected chi connectivity index (χ4v) is 30.9. The summed E-state index contributed by atoms with van der Waals surface area (Å²) in [5.74, 6) is 1.03. The summed E-state index contributed by atoms with van der Waals surface area (Å²) in [6.07, 6.45) is 22.7. The Morgan fingerprint density at radius 1 is 0.219 bits per heavy atom. The number of hydrogen-bond donors (Lipinski definition) is 0. The maximum absolute atomic E-state index is 14.5. The molecule has 0 fully saturated rings. The van der Waals surface area contributed by atoms with Crippen LogP contribution in [0.4, 0.5) is 0 Å². The molecule has 0 aromatic heterocycles. The minimum Gasteiger partial charge on any atom is -0.465 e. The van der Waals surface area contributed by atoms with E-state index in [4.69, 9.17) is 4.74 Å². The van der Waals surface area contributed by atoms with Crippen LogP contribution in [-0.4, -0.2) is 8.42 Å². The van der Waals surface area contributed by atoms with Crippen LogP contribution in [-0.2, 0) is 42.3 Å². The van der Waals surface area contributed by atoms with Gasteiger partial charge in [0.2, 0.25) is 0 Å². The van der Waals surface area contributed by atoms with Gasteiger partial charge in [0.25, 0.3) is 0 Å². The highest BCUT2D eigenvalue weighted by Gasteiger charge is 2.56. The third-order valence-corrected chi connectivity index (χ3v) is 41.1. The molecule has 3 nitrogen and oxygen atoms in total. The standard InChI is InChI=1S/C44H48O2S.C44H48O.C44H48S/c1-21-22(2)28(8)36-35(27(21)7)37-29(9)23(3)25(5)31(11)39(37)44(40-32(12)26(6)24(4)30(10)38(36)40)19-20-47(45,46)42-34(44)16-15-33-17-18-43(13,14)41(33)42;2*1-21-22(2)28(8)36-35(27(21)7)37-29(9)23(3)25(5)31(11)39(37)44(40-32(12)26(6)24(4)30(10)38(36)40)19-20-45-42-34(44)16-15-33-17-18-43(13,14)41(33)42/h15-20H,1-14H3;2*15-20H,1-14H3. The molecule has 0 radical (unpaired) electrons. The molecule has 12 aromatic carbocycles. The van der Waals surface area contributed by atoms with E-state index in [0.29, 0.717) is 4.90 Å². The molecule has 0 bridgehead atoms. The first-order valence-electron chi connectivity index (χ1n) is 50.2. The molecule has 0 N–H and O–H groups in total. The highest BCUT2D eigenvalue weighted by Crippen LogP contribution is 2.69. The number of allylic oxidation sites excluding steroid dienone is 6. The van der Waals surface area contributed by atoms with Crippen LogP contribution < -0.4 is 4.74 Å². The number of benzene rings is 12. The average molecular weight is 1840 g/mol. The van der Waals surface area contributed by atoms with E-state index in [1.165, 1.54) is 339 Å². The third kappa shape index (κ3) is 12.0. The number of rotatable bonds is 0. The summed E-state index contributed by atoms with van der Waals surface area (Å²) >= 11 is 1.93. The Hall–Kier alpha value is -10.8. The van der Waals surface area contributed by atoms with Gasteiger partial charge in [0.1, 0.15) is 5.75 Å². The number of hydrogen-bond acceptors (Lipinski definition) is 4. The Balaban J connectivity index is 0.000000132. The van der Waals surface area contributed by atoms with E-state index in [1.807, 2.05) is 18.0 Å². The van der Waals surface area contributed by atoms with Gasteiger partial charge >= 0.3 is 0 Å². The van der Waals surface area contributed by atoms with Gasteiger partial charge in [-0.05, 0) is 600 Å². The van der Waals surface area contributed by atoms with Gasteiger partial charge in [-0.1, -0.05) is 138 Å². The van der Waals surface area contributed by atoms with Crippen LogP contribution in [0, 0.1) is 249 Å². The lowest BCUT2D eigenvalue weighted by molar-refractivity contribution is 0.429. The maximum Gasteiger partial charge on any atom is 0.200 e. The van der Waals surface area contributed by atoms with Gasteiger partial charge < -0.3 is 4.74 Å². The highest BCUT2D eigenvalue weighted by atomic mass is 32.2. The molecule has 6 aliphatic carbocycles. The van der Waals surface area contributed by atoms with E-state index in [0.717, 1.165) is 22.4 Å². The van der Waals surface area contributed by atoms with E-state index in [1.54, 1.807) is 5.41 Å². The summed E-state index contributed by atoms with van der Waals surface area (Å²) in [4.78, 5) is 1.93. The first-order valence-corrected chi connectivity index (χ1v) is 52.7. The molecule has 0 atom stereocenters. The molecule has 21 rings (SSSR count). The predicted octanol–water partition coefficient (Wildman–Crippen LogP) is 34.8. The van der Waals surface area contributed by atoms with Crippen LogP contribution in [0.3, 0.4) is 0 Å². The second kappa shape index (κ2) is 31.1. The van der Waals surface area contributed by atoms with Gasteiger partial charge in [-0.2, -0.15) is 0 Å². The van der Waals surface area contributed by atoms with Crippen LogP contribution in [0.15, 0.2) is 99.7 Å². The fraction of sp³-hybridized carbons (Fsp3) is 0.364. The lowest BCUT2D eigenvalue weighted by Crippen LogP contribution is -2.36. The van der Waals surface area contributed by atoms with Crippen molar-refractivity contribution in [2.75, 3.05) is 0 Å². The molecule has 702 valence electrons. The van der Waals surface area contributed by atoms with E-state index >= 15 is 0 Å². The Morgan fingerprint density at radius 3 is 0.745 bits per heavy atom. The van der Waals surface area contributed by atoms with Gasteiger partial charge in [-0.15, -0.1) is 0 Å². The predicted molar refractivity (Wildman–Crippen MR) is 589 cm³/mol. The van der Waals surface area contributed by atoms with E-state index in [-0.39, 0.29) is 10.8 Å². The van der Waals surface area contributed by atoms with E-state index < -0.39 is 31.5 Å². The summed E-state index contributed by atoms with van der Waals surface area (Å²) in [6, 6.07) is 14.0. The van der Waals surface area contributed by atoms with Gasteiger partial charge in [0, 0.05) is 37.7 Å². The molecule has 0 amide bonds. The maximum atomic E-state index is 14.5. The number of ether oxygens (including phenoxy) is 1. The molecule has 3 spiro atoms. The van der Waals surface area contributed by atoms with Crippen molar-refractivity contribution < 1.29 is 13.2 Å². The number of thioether (sulfide) groups is 1. The molecule has 0 saturated carbocycles. The van der Waals surface area contributed by atoms with Crippen molar-refractivity contribution in [2.45, 2.75) is 333 Å². The summed E-state index contributed by atoms with van der Waals surface area (Å²) in [6.45, 7) is 97.6. The monoisotopic (exact) mass is 1840 g/mol. The zero-order valence-corrected chi connectivity index (χ0v) is 92.1. The van der Waals surface area contributed by atoms with Crippen LogP contribution in [0.25, 0.3) is 85.0 Å². The SMILES string of the molecule is Cc1c(C)c(C)c2c(c1C)-c1c(C)c(C)c(C)c(C)c1C1(C=COc3c1ccc1c3C(C)(C)C=C1)c1c(C)c(C)c(C)c(C)c1-2.Cc1c(C)c(C)c2c(c1C)-c1c(C)c(C)c(C)c(C)c1C1(C=CS(=O)(=O)c3c1ccc1c3C(C)(C)C=C1)c1c(C)c(C)c(C)c(C)c1-2.Cc1c(C)c(C)c2c(c1C)-c1c(C)c(C)c(C)c(C)c1C1(C=CSc3c1ccc1c3C(C)(C)C=C1)c1c(C)c(C)c(C)c(C)c1-2. The smallest absolute Gasteiger partial charge is 0.200 e. The van der Waals surface area contributed by atoms with Crippen molar-refractivity contribution in [3.8, 4) is 72.5 Å². The molecule has 9 aliphatic rings. The van der Waals surface area contributed by atoms with Gasteiger partial charge in [0.15, 0.2) is 9.84 Å². The summed E-state index contributed by atoms with van der Waals surface area (Å²) < 4.78 is 35.7. The second-order valence-electron chi connectivity index (χ2n) is 45.2. The van der Waals surface area contributed by atoms with Crippen molar-refractivity contribution in [3.63, 3.8) is 0 Å². The highest BCUT2D eigenvalue weighted by molar-refractivity contribution is 8.02. The largest absolute Gasteiger partial charge is 0.465 e. The molecule has 0 unspecified atom stereocenters. The number of fused-ring (bicyclic) bond motifs is 33. The Labute approximate surface area is 826 Å². The molecule has 0 saturated heterocycles. The minimum absolute atomic E-state index is 0.0108. The molecule has 5 heteroatoms. The van der Waals surface area contributed by atoms with Crippen molar-refractivity contribution in [2.24, 2.45) is 0 Å². The molecule has 12 aromatic rings. The summed E-state index contributed by atoms with van der Waals surface area (Å²) in [5, 5.41) is 3.99. The fourth-order valence-electron chi connectivity index (χ4n) is 28.0. The normalized spacial score (nSPS) is 16.6. The molecule has 3 heterocycles. The van der Waals surface area contributed by atoms with E-state index in [2.05, 4.69) is 387 Å². The van der Waals surface area contributed by atoms with Crippen LogP contribution in [0.1, 0.15) is 325 Å². The first-order chi connectivity index (χ1) is 64.0. The van der Waals surface area contributed by atoms with Gasteiger partial charge in [-0.3, -0.25) is 0 Å². The van der Waals surface area contributed by atoms with Crippen LogP contribution >= 0.6 is 11.8 Å². The Bertz CT molecular complexity index is 7430. The third-order valence-electron chi connectivity index (χ3n) is 38.7. The average Bonchev–Trinajstić information content (AvgIpc) is 1.56. The van der Waals surface area contributed by atoms with Crippen LogP contribution in [0.5, 0.6) is 5.75 Å². The molecular formula is C132H144O3S2. The van der Waals surface area contributed by atoms with Gasteiger partial charge in [-0.25, -0.2) is 8.42 Å². The first kappa shape index (κ1) is 95.1.